The first-order chi connectivity index (χ1) is 14.6. The number of hydrogen-bond donors (Lipinski definition) is 0. The van der Waals surface area contributed by atoms with Crippen molar-refractivity contribution < 1.29 is 4.79 Å². The largest absolute Gasteiger partial charge is 0.328 e. The summed E-state index contributed by atoms with van der Waals surface area (Å²) in [5, 5.41) is 9.42. The molecule has 0 spiro atoms. The van der Waals surface area contributed by atoms with Gasteiger partial charge in [0, 0.05) is 31.4 Å². The molecule has 1 saturated carbocycles. The van der Waals surface area contributed by atoms with Crippen LogP contribution in [0.25, 0.3) is 11.3 Å². The molecular weight excluding hydrogens is 374 g/mol. The number of amides is 1. The molecule has 0 atom stereocenters. The zero-order valence-electron chi connectivity index (χ0n) is 17.8. The Balaban J connectivity index is 1.47. The standard InChI is InChI=1S/C24H29N5O/c1-27-22-14-8-13-19(22)21(26-27)16-29(18-11-6-7-12-18)24(30)23-15-20(25-28(23)2)17-9-4-3-5-10-17/h3-5,9-10,15,18H,6-8,11-14,16H2,1-2H3. The fourth-order valence-electron chi connectivity index (χ4n) is 5.13. The highest BCUT2D eigenvalue weighted by Crippen LogP contribution is 2.30. The van der Waals surface area contributed by atoms with Crippen LogP contribution in [-0.4, -0.2) is 36.4 Å². The summed E-state index contributed by atoms with van der Waals surface area (Å²) < 4.78 is 3.75. The number of fused-ring (bicyclic) bond motifs is 1. The van der Waals surface area contributed by atoms with Gasteiger partial charge in [0.05, 0.1) is 17.9 Å². The Morgan fingerprint density at radius 3 is 2.57 bits per heavy atom. The number of benzene rings is 1. The molecule has 2 heterocycles. The first-order valence-electron chi connectivity index (χ1n) is 11.1. The van der Waals surface area contributed by atoms with E-state index in [1.165, 1.54) is 30.5 Å². The fraction of sp³-hybridized carbons (Fsp3) is 0.458. The Kier molecular flexibility index (Phi) is 4.93. The van der Waals surface area contributed by atoms with Crippen molar-refractivity contribution >= 4 is 5.91 Å². The van der Waals surface area contributed by atoms with E-state index in [-0.39, 0.29) is 11.9 Å². The van der Waals surface area contributed by atoms with Crippen molar-refractivity contribution in [2.45, 2.75) is 57.5 Å². The van der Waals surface area contributed by atoms with Gasteiger partial charge in [-0.05, 0) is 43.7 Å². The lowest BCUT2D eigenvalue weighted by Crippen LogP contribution is -2.39. The Morgan fingerprint density at radius 1 is 1.03 bits per heavy atom. The summed E-state index contributed by atoms with van der Waals surface area (Å²) in [4.78, 5) is 15.8. The minimum Gasteiger partial charge on any atom is -0.328 e. The molecule has 6 nitrogen and oxygen atoms in total. The van der Waals surface area contributed by atoms with Gasteiger partial charge >= 0.3 is 0 Å². The monoisotopic (exact) mass is 403 g/mol. The summed E-state index contributed by atoms with van der Waals surface area (Å²) >= 11 is 0. The van der Waals surface area contributed by atoms with Crippen molar-refractivity contribution in [3.8, 4) is 11.3 Å². The van der Waals surface area contributed by atoms with Gasteiger partial charge in [-0.2, -0.15) is 10.2 Å². The normalized spacial score (nSPS) is 16.2. The molecule has 0 N–H and O–H groups in total. The molecule has 30 heavy (non-hydrogen) atoms. The van der Waals surface area contributed by atoms with E-state index in [1.807, 2.05) is 55.2 Å². The van der Waals surface area contributed by atoms with Gasteiger partial charge in [0.25, 0.3) is 5.91 Å². The van der Waals surface area contributed by atoms with Crippen LogP contribution in [0.4, 0.5) is 0 Å². The summed E-state index contributed by atoms with van der Waals surface area (Å²) in [7, 11) is 3.90. The van der Waals surface area contributed by atoms with Crippen LogP contribution in [0.2, 0.25) is 0 Å². The zero-order valence-corrected chi connectivity index (χ0v) is 17.8. The van der Waals surface area contributed by atoms with E-state index < -0.39 is 0 Å². The summed E-state index contributed by atoms with van der Waals surface area (Å²) in [6, 6.07) is 12.3. The molecule has 1 fully saturated rings. The van der Waals surface area contributed by atoms with Gasteiger partial charge in [-0.15, -0.1) is 0 Å². The Morgan fingerprint density at radius 2 is 1.80 bits per heavy atom. The molecule has 1 aromatic carbocycles. The van der Waals surface area contributed by atoms with E-state index in [4.69, 9.17) is 5.10 Å². The highest BCUT2D eigenvalue weighted by atomic mass is 16.2. The molecule has 2 aliphatic carbocycles. The van der Waals surface area contributed by atoms with Crippen LogP contribution in [0.1, 0.15) is 59.5 Å². The fourth-order valence-corrected chi connectivity index (χ4v) is 5.13. The van der Waals surface area contributed by atoms with Crippen LogP contribution in [0.5, 0.6) is 0 Å². The number of carbonyl (C=O) groups is 1. The Hall–Kier alpha value is -2.89. The molecule has 0 aliphatic heterocycles. The van der Waals surface area contributed by atoms with E-state index in [0.29, 0.717) is 12.2 Å². The van der Waals surface area contributed by atoms with Gasteiger partial charge in [0.2, 0.25) is 0 Å². The zero-order chi connectivity index (χ0) is 20.7. The van der Waals surface area contributed by atoms with E-state index >= 15 is 0 Å². The highest BCUT2D eigenvalue weighted by Gasteiger charge is 2.32. The number of nitrogens with zero attached hydrogens (tertiary/aromatic N) is 5. The van der Waals surface area contributed by atoms with Crippen molar-refractivity contribution in [2.75, 3.05) is 0 Å². The summed E-state index contributed by atoms with van der Waals surface area (Å²) in [6.07, 6.45) is 7.89. The quantitative estimate of drug-likeness (QED) is 0.649. The van der Waals surface area contributed by atoms with Gasteiger partial charge in [-0.25, -0.2) is 0 Å². The predicted molar refractivity (Wildman–Crippen MR) is 116 cm³/mol. The molecule has 0 bridgehead atoms. The summed E-state index contributed by atoms with van der Waals surface area (Å²) in [5.74, 6) is 0.0662. The topological polar surface area (TPSA) is 56.0 Å². The molecule has 0 unspecified atom stereocenters. The maximum absolute atomic E-state index is 13.7. The third-order valence-electron chi connectivity index (χ3n) is 6.71. The second kappa shape index (κ2) is 7.74. The van der Waals surface area contributed by atoms with Crippen molar-refractivity contribution in [3.63, 3.8) is 0 Å². The smallest absolute Gasteiger partial charge is 0.272 e. The number of carbonyl (C=O) groups excluding carboxylic acids is 1. The van der Waals surface area contributed by atoms with Gasteiger partial charge in [0.15, 0.2) is 0 Å². The molecule has 2 aromatic heterocycles. The van der Waals surface area contributed by atoms with Crippen LogP contribution in [-0.2, 0) is 33.5 Å². The number of rotatable bonds is 5. The van der Waals surface area contributed by atoms with Crippen molar-refractivity contribution in [1.29, 1.82) is 0 Å². The lowest BCUT2D eigenvalue weighted by molar-refractivity contribution is 0.0649. The summed E-state index contributed by atoms with van der Waals surface area (Å²) in [5.41, 5.74) is 6.30. The Labute approximate surface area is 177 Å². The Bertz CT molecular complexity index is 1060. The van der Waals surface area contributed by atoms with Crippen LogP contribution in [0.3, 0.4) is 0 Å². The molecular formula is C24H29N5O. The predicted octanol–water partition coefficient (Wildman–Crippen LogP) is 3.89. The minimum atomic E-state index is 0.0662. The van der Waals surface area contributed by atoms with Crippen molar-refractivity contribution in [1.82, 2.24) is 24.5 Å². The summed E-state index contributed by atoms with van der Waals surface area (Å²) in [6.45, 7) is 0.596. The first-order valence-corrected chi connectivity index (χ1v) is 11.1. The van der Waals surface area contributed by atoms with Gasteiger partial charge in [-0.1, -0.05) is 43.2 Å². The third kappa shape index (κ3) is 3.34. The van der Waals surface area contributed by atoms with Gasteiger partial charge < -0.3 is 4.90 Å². The molecule has 0 saturated heterocycles. The maximum Gasteiger partial charge on any atom is 0.272 e. The minimum absolute atomic E-state index is 0.0662. The number of aryl methyl sites for hydroxylation is 2. The van der Waals surface area contributed by atoms with E-state index in [2.05, 4.69) is 10.00 Å². The SMILES string of the molecule is Cn1nc(-c2ccccc2)cc1C(=O)N(Cc1nn(C)c2c1CCC2)C1CCCC1. The van der Waals surface area contributed by atoms with Crippen molar-refractivity contribution in [2.24, 2.45) is 14.1 Å². The molecule has 2 aliphatic rings. The molecule has 1 amide bonds. The second-order valence-corrected chi connectivity index (χ2v) is 8.62. The van der Waals surface area contributed by atoms with E-state index in [0.717, 1.165) is 42.6 Å². The van der Waals surface area contributed by atoms with Crippen molar-refractivity contribution in [3.05, 3.63) is 59.0 Å². The molecule has 5 rings (SSSR count). The van der Waals surface area contributed by atoms with E-state index in [9.17, 15) is 4.79 Å². The van der Waals surface area contributed by atoms with Crippen LogP contribution in [0, 0.1) is 0 Å². The first kappa shape index (κ1) is 19.1. The highest BCUT2D eigenvalue weighted by molar-refractivity contribution is 5.94. The third-order valence-corrected chi connectivity index (χ3v) is 6.71. The number of aromatic nitrogens is 4. The molecule has 0 radical (unpaired) electrons. The van der Waals surface area contributed by atoms with Gasteiger partial charge in [-0.3, -0.25) is 14.2 Å². The van der Waals surface area contributed by atoms with Crippen LogP contribution >= 0.6 is 0 Å². The lowest BCUT2D eigenvalue weighted by Gasteiger charge is -2.28. The van der Waals surface area contributed by atoms with E-state index in [1.54, 1.807) is 4.68 Å². The lowest BCUT2D eigenvalue weighted by atomic mass is 10.1. The average molecular weight is 404 g/mol. The number of hydrogen-bond acceptors (Lipinski definition) is 3. The second-order valence-electron chi connectivity index (χ2n) is 8.62. The van der Waals surface area contributed by atoms with Gasteiger partial charge in [0.1, 0.15) is 5.69 Å². The van der Waals surface area contributed by atoms with Crippen LogP contribution in [0.15, 0.2) is 36.4 Å². The average Bonchev–Trinajstić information content (AvgIpc) is 3.54. The maximum atomic E-state index is 13.7. The van der Waals surface area contributed by atoms with Crippen LogP contribution < -0.4 is 0 Å². The molecule has 3 aromatic rings. The molecule has 156 valence electrons. The molecule has 6 heteroatoms.